The van der Waals surface area contributed by atoms with E-state index in [0.29, 0.717) is 0 Å². The van der Waals surface area contributed by atoms with Gasteiger partial charge in [-0.1, -0.05) is 37.3 Å². The fourth-order valence-corrected chi connectivity index (χ4v) is 2.81. The molecule has 0 unspecified atom stereocenters. The lowest BCUT2D eigenvalue weighted by molar-refractivity contribution is -0.136. The molecule has 3 rings (SSSR count). The summed E-state index contributed by atoms with van der Waals surface area (Å²) in [7, 11) is 1.25. The lowest BCUT2D eigenvalue weighted by Gasteiger charge is -2.10. The van der Waals surface area contributed by atoms with Crippen LogP contribution in [0.2, 0.25) is 0 Å². The first-order valence-electron chi connectivity index (χ1n) is 8.84. The average Bonchev–Trinajstić information content (AvgIpc) is 3.20. The number of benzene rings is 2. The van der Waals surface area contributed by atoms with Gasteiger partial charge in [-0.05, 0) is 41.3 Å². The number of nitrogens with one attached hydrogen (secondary N) is 2. The van der Waals surface area contributed by atoms with Gasteiger partial charge >= 0.3 is 12.1 Å². The molecule has 0 saturated heterocycles. The second-order valence-corrected chi connectivity index (χ2v) is 6.10. The third-order valence-electron chi connectivity index (χ3n) is 4.20. The quantitative estimate of drug-likeness (QED) is 0.504. The molecule has 0 aliphatic carbocycles. The van der Waals surface area contributed by atoms with Crippen LogP contribution in [0.25, 0.3) is 17.0 Å². The maximum atomic E-state index is 12.1. The number of methoxy groups -OCH3 is 1. The predicted octanol–water partition coefficient (Wildman–Crippen LogP) is 3.57. The van der Waals surface area contributed by atoms with Gasteiger partial charge in [0.05, 0.1) is 18.8 Å². The van der Waals surface area contributed by atoms with Crippen LogP contribution < -0.4 is 5.32 Å². The third-order valence-corrected chi connectivity index (χ3v) is 4.20. The molecule has 2 N–H and O–H groups in total. The van der Waals surface area contributed by atoms with Crippen LogP contribution in [0.5, 0.6) is 0 Å². The predicted molar refractivity (Wildman–Crippen MR) is 105 cm³/mol. The molecular weight excluding hydrogens is 358 g/mol. The number of hydrogen-bond acceptors (Lipinski definition) is 5. The number of nitrogens with zero attached hydrogens (tertiary/aromatic N) is 1. The third kappa shape index (κ3) is 4.56. The van der Waals surface area contributed by atoms with Gasteiger partial charge in [-0.2, -0.15) is 5.10 Å². The first-order valence-corrected chi connectivity index (χ1v) is 8.84. The van der Waals surface area contributed by atoms with E-state index in [1.54, 1.807) is 12.3 Å². The van der Waals surface area contributed by atoms with Crippen LogP contribution in [0.1, 0.15) is 23.6 Å². The summed E-state index contributed by atoms with van der Waals surface area (Å²) in [6, 6.07) is 13.1. The van der Waals surface area contributed by atoms with E-state index in [9.17, 15) is 9.59 Å². The maximum absolute atomic E-state index is 12.1. The Morgan fingerprint density at radius 2 is 2.00 bits per heavy atom. The number of rotatable bonds is 6. The van der Waals surface area contributed by atoms with Crippen LogP contribution in [0.4, 0.5) is 4.79 Å². The van der Waals surface area contributed by atoms with Crippen molar-refractivity contribution in [2.75, 3.05) is 7.11 Å². The van der Waals surface area contributed by atoms with Crippen molar-refractivity contribution in [3.05, 3.63) is 71.0 Å². The molecule has 0 bridgehead atoms. The number of fused-ring (bicyclic) bond motifs is 1. The fourth-order valence-electron chi connectivity index (χ4n) is 2.81. The van der Waals surface area contributed by atoms with Crippen LogP contribution in [-0.4, -0.2) is 29.4 Å². The minimum atomic E-state index is -0.736. The number of ether oxygens (including phenoxy) is 2. The number of aromatic nitrogens is 2. The van der Waals surface area contributed by atoms with E-state index in [1.807, 2.05) is 49.4 Å². The first kappa shape index (κ1) is 19.2. The van der Waals surface area contributed by atoms with Crippen LogP contribution >= 0.6 is 0 Å². The van der Waals surface area contributed by atoms with Crippen molar-refractivity contribution in [3.8, 4) is 0 Å². The summed E-state index contributed by atoms with van der Waals surface area (Å²) in [6.07, 6.45) is 3.33. The molecular formula is C21H21N3O4. The number of H-pyrrole nitrogens is 1. The van der Waals surface area contributed by atoms with Crippen molar-refractivity contribution in [3.63, 3.8) is 0 Å². The summed E-state index contributed by atoms with van der Waals surface area (Å²) in [6.45, 7) is 2.13. The normalized spacial score (nSPS) is 11.3. The van der Waals surface area contributed by atoms with E-state index in [4.69, 9.17) is 9.47 Å². The van der Waals surface area contributed by atoms with Gasteiger partial charge in [0.1, 0.15) is 12.3 Å². The first-order chi connectivity index (χ1) is 13.6. The van der Waals surface area contributed by atoms with E-state index in [1.165, 1.54) is 7.11 Å². The molecule has 0 aliphatic heterocycles. The maximum Gasteiger partial charge on any atom is 0.412 e. The number of aryl methyl sites for hydroxylation is 1. The molecule has 0 saturated carbocycles. The van der Waals surface area contributed by atoms with Gasteiger partial charge in [-0.3, -0.25) is 10.4 Å². The van der Waals surface area contributed by atoms with Crippen molar-refractivity contribution in [1.82, 2.24) is 15.5 Å². The molecule has 3 aromatic rings. The summed E-state index contributed by atoms with van der Waals surface area (Å²) in [5.74, 6) is -0.665. The SMILES string of the molecule is CCc1cc(/C=C(\NC(=O)OCc2ccccc2)C(=O)OC)cc2cn[nH]c12. The largest absolute Gasteiger partial charge is 0.464 e. The fraction of sp³-hybridized carbons (Fsp3) is 0.190. The summed E-state index contributed by atoms with van der Waals surface area (Å²) in [5.41, 5.74) is 3.59. The molecule has 0 atom stereocenters. The Hall–Kier alpha value is -3.61. The zero-order chi connectivity index (χ0) is 19.9. The van der Waals surface area contributed by atoms with Crippen molar-refractivity contribution in [1.29, 1.82) is 0 Å². The summed E-state index contributed by atoms with van der Waals surface area (Å²) in [5, 5.41) is 10.4. The van der Waals surface area contributed by atoms with Crippen LogP contribution in [0, 0.1) is 0 Å². The topological polar surface area (TPSA) is 93.3 Å². The van der Waals surface area contributed by atoms with Crippen molar-refractivity contribution in [2.24, 2.45) is 0 Å². The lowest BCUT2D eigenvalue weighted by Crippen LogP contribution is -2.28. The van der Waals surface area contributed by atoms with Gasteiger partial charge in [0, 0.05) is 5.39 Å². The second kappa shape index (κ2) is 8.85. The summed E-state index contributed by atoms with van der Waals surface area (Å²) < 4.78 is 9.96. The van der Waals surface area contributed by atoms with Gasteiger partial charge in [0.15, 0.2) is 0 Å². The van der Waals surface area contributed by atoms with Gasteiger partial charge in [-0.25, -0.2) is 9.59 Å². The molecule has 2 aromatic carbocycles. The minimum absolute atomic E-state index is 0.00883. The Morgan fingerprint density at radius 3 is 2.71 bits per heavy atom. The highest BCUT2D eigenvalue weighted by Crippen LogP contribution is 2.21. The average molecular weight is 379 g/mol. The molecule has 1 heterocycles. The Bertz CT molecular complexity index is 1010. The zero-order valence-corrected chi connectivity index (χ0v) is 15.7. The van der Waals surface area contributed by atoms with E-state index >= 15 is 0 Å². The Kier molecular flexibility index (Phi) is 6.06. The number of esters is 1. The highest BCUT2D eigenvalue weighted by molar-refractivity contribution is 5.97. The monoisotopic (exact) mass is 379 g/mol. The van der Waals surface area contributed by atoms with Gasteiger partial charge < -0.3 is 9.47 Å². The number of hydrogen-bond donors (Lipinski definition) is 2. The van der Waals surface area contributed by atoms with Crippen molar-refractivity contribution >= 4 is 29.0 Å². The number of carbonyl (C=O) groups excluding carboxylic acids is 2. The summed E-state index contributed by atoms with van der Waals surface area (Å²) in [4.78, 5) is 24.2. The van der Waals surface area contributed by atoms with E-state index in [2.05, 4.69) is 15.5 Å². The minimum Gasteiger partial charge on any atom is -0.464 e. The highest BCUT2D eigenvalue weighted by atomic mass is 16.6. The van der Waals surface area contributed by atoms with Crippen LogP contribution in [0.3, 0.4) is 0 Å². The number of carbonyl (C=O) groups is 2. The van der Waals surface area contributed by atoms with E-state index in [-0.39, 0.29) is 12.3 Å². The van der Waals surface area contributed by atoms with E-state index < -0.39 is 12.1 Å². The molecule has 144 valence electrons. The molecule has 0 radical (unpaired) electrons. The molecule has 28 heavy (non-hydrogen) atoms. The second-order valence-electron chi connectivity index (χ2n) is 6.10. The molecule has 1 aromatic heterocycles. The molecule has 7 heteroatoms. The molecule has 0 fully saturated rings. The van der Waals surface area contributed by atoms with Crippen LogP contribution in [-0.2, 0) is 27.3 Å². The standard InChI is InChI=1S/C21H21N3O4/c1-3-16-9-15(10-17-12-22-24-19(16)17)11-18(20(25)27-2)23-21(26)28-13-14-7-5-4-6-8-14/h4-12H,3,13H2,1-2H3,(H,22,24)(H,23,26)/b18-11-. The zero-order valence-electron chi connectivity index (χ0n) is 15.7. The summed E-state index contributed by atoms with van der Waals surface area (Å²) >= 11 is 0. The Labute approximate surface area is 162 Å². The van der Waals surface area contributed by atoms with Gasteiger partial charge in [0.25, 0.3) is 0 Å². The molecule has 0 spiro atoms. The molecule has 7 nitrogen and oxygen atoms in total. The Morgan fingerprint density at radius 1 is 1.21 bits per heavy atom. The number of aromatic amines is 1. The number of amides is 1. The van der Waals surface area contributed by atoms with Gasteiger partial charge in [0.2, 0.25) is 0 Å². The van der Waals surface area contributed by atoms with E-state index in [0.717, 1.165) is 34.0 Å². The molecule has 1 amide bonds. The lowest BCUT2D eigenvalue weighted by atomic mass is 10.0. The van der Waals surface area contributed by atoms with Gasteiger partial charge in [-0.15, -0.1) is 0 Å². The highest BCUT2D eigenvalue weighted by Gasteiger charge is 2.15. The molecule has 0 aliphatic rings. The van der Waals surface area contributed by atoms with Crippen molar-refractivity contribution < 1.29 is 19.1 Å². The smallest absolute Gasteiger partial charge is 0.412 e. The number of alkyl carbamates (subject to hydrolysis) is 1. The Balaban J connectivity index is 1.79. The van der Waals surface area contributed by atoms with Crippen LogP contribution in [0.15, 0.2) is 54.4 Å². The van der Waals surface area contributed by atoms with Crippen molar-refractivity contribution in [2.45, 2.75) is 20.0 Å².